The fourth-order valence-electron chi connectivity index (χ4n) is 3.95. The monoisotopic (exact) mass is 377 g/mol. The average molecular weight is 377 g/mol. The van der Waals surface area contributed by atoms with Crippen molar-refractivity contribution in [2.75, 3.05) is 13.1 Å². The van der Waals surface area contributed by atoms with Gasteiger partial charge >= 0.3 is 0 Å². The van der Waals surface area contributed by atoms with Gasteiger partial charge < -0.3 is 10.2 Å². The normalized spacial score (nSPS) is 21.8. The van der Waals surface area contributed by atoms with Crippen LogP contribution in [0.2, 0.25) is 0 Å². The van der Waals surface area contributed by atoms with E-state index in [1.165, 1.54) is 12.4 Å². The maximum atomic E-state index is 12.8. The first kappa shape index (κ1) is 16.8. The Kier molecular flexibility index (Phi) is 4.00. The molecule has 1 aliphatic heterocycles. The first-order valence-corrected chi connectivity index (χ1v) is 9.36. The van der Waals surface area contributed by atoms with Crippen molar-refractivity contribution in [3.05, 3.63) is 48.0 Å². The number of hydrogen-bond acceptors (Lipinski definition) is 6. The minimum Gasteiger partial charge on any atom is -0.347 e. The Morgan fingerprint density at radius 2 is 1.96 bits per heavy atom. The van der Waals surface area contributed by atoms with Crippen molar-refractivity contribution >= 4 is 22.8 Å². The first-order chi connectivity index (χ1) is 13.7. The maximum Gasteiger partial charge on any atom is 0.274 e. The molecule has 0 unspecified atom stereocenters. The summed E-state index contributed by atoms with van der Waals surface area (Å²) in [7, 11) is 0. The Morgan fingerprint density at radius 3 is 2.75 bits per heavy atom. The van der Waals surface area contributed by atoms with Gasteiger partial charge in [-0.05, 0) is 37.0 Å². The van der Waals surface area contributed by atoms with Gasteiger partial charge in [0, 0.05) is 37.0 Å². The predicted octanol–water partition coefficient (Wildman–Crippen LogP) is 1.03. The lowest BCUT2D eigenvalue weighted by molar-refractivity contribution is 0.0774. The Balaban J connectivity index is 1.33. The molecule has 2 atom stereocenters. The molecule has 28 heavy (non-hydrogen) atoms. The van der Waals surface area contributed by atoms with Crippen LogP contribution < -0.4 is 5.32 Å². The van der Waals surface area contributed by atoms with E-state index < -0.39 is 0 Å². The van der Waals surface area contributed by atoms with Crippen LogP contribution in [0, 0.1) is 11.8 Å². The van der Waals surface area contributed by atoms with Crippen molar-refractivity contribution < 1.29 is 9.59 Å². The second-order valence-corrected chi connectivity index (χ2v) is 7.41. The number of nitrogens with one attached hydrogen (secondary N) is 2. The number of likely N-dealkylation sites (tertiary alicyclic amines) is 1. The largest absolute Gasteiger partial charge is 0.347 e. The molecule has 2 amide bonds. The summed E-state index contributed by atoms with van der Waals surface area (Å²) >= 11 is 0. The molecule has 5 rings (SSSR count). The van der Waals surface area contributed by atoms with Crippen LogP contribution in [0.4, 0.5) is 0 Å². The van der Waals surface area contributed by atoms with E-state index in [2.05, 4.69) is 30.7 Å². The predicted molar refractivity (Wildman–Crippen MR) is 99.3 cm³/mol. The van der Waals surface area contributed by atoms with E-state index in [-0.39, 0.29) is 23.8 Å². The van der Waals surface area contributed by atoms with Gasteiger partial charge in [0.1, 0.15) is 16.7 Å². The van der Waals surface area contributed by atoms with E-state index >= 15 is 0 Å². The molecule has 1 aromatic carbocycles. The molecule has 1 saturated carbocycles. The summed E-state index contributed by atoms with van der Waals surface area (Å²) in [5.41, 5.74) is 2.24. The van der Waals surface area contributed by atoms with Crippen molar-refractivity contribution in [2.45, 2.75) is 18.9 Å². The molecule has 3 aromatic rings. The molecule has 142 valence electrons. The molecule has 1 aliphatic carbocycles. The Morgan fingerprint density at radius 1 is 1.11 bits per heavy atom. The second kappa shape index (κ2) is 6.66. The summed E-state index contributed by atoms with van der Waals surface area (Å²) in [5.74, 6) is 0.525. The van der Waals surface area contributed by atoms with Gasteiger partial charge in [0.2, 0.25) is 0 Å². The van der Waals surface area contributed by atoms with E-state index in [9.17, 15) is 9.59 Å². The molecule has 2 aromatic heterocycles. The number of H-pyrrole nitrogens is 1. The molecule has 1 saturated heterocycles. The zero-order chi connectivity index (χ0) is 19.1. The minimum absolute atomic E-state index is 0.0753. The fraction of sp³-hybridized carbons (Fsp3) is 0.368. The van der Waals surface area contributed by atoms with Crippen LogP contribution in [0.1, 0.15) is 33.7 Å². The molecule has 0 spiro atoms. The average Bonchev–Trinajstić information content (AvgIpc) is 3.31. The van der Waals surface area contributed by atoms with E-state index in [0.29, 0.717) is 41.3 Å². The Labute approximate surface area is 160 Å². The maximum absolute atomic E-state index is 12.8. The van der Waals surface area contributed by atoms with Crippen molar-refractivity contribution in [3.8, 4) is 0 Å². The standard InChI is InChI=1S/C19H19N7O2/c27-18(12-3-4-14-15(7-12)24-25-23-14)22-17-10-26(9-13(17)11-1-2-11)19(28)16-8-20-5-6-21-16/h3-8,11,13,17H,1-2,9-10H2,(H,22,27)(H,23,24,25)/t13-,17+/m1/s1. The highest BCUT2D eigenvalue weighted by atomic mass is 16.2. The highest BCUT2D eigenvalue weighted by Crippen LogP contribution is 2.41. The van der Waals surface area contributed by atoms with Crippen molar-refractivity contribution in [3.63, 3.8) is 0 Å². The molecule has 2 N–H and O–H groups in total. The molecule has 9 heteroatoms. The summed E-state index contributed by atoms with van der Waals surface area (Å²) < 4.78 is 0. The topological polar surface area (TPSA) is 117 Å². The van der Waals surface area contributed by atoms with Crippen LogP contribution in [0.3, 0.4) is 0 Å². The first-order valence-electron chi connectivity index (χ1n) is 9.36. The van der Waals surface area contributed by atoms with Crippen LogP contribution in [-0.2, 0) is 0 Å². The number of nitrogens with zero attached hydrogens (tertiary/aromatic N) is 5. The van der Waals surface area contributed by atoms with Gasteiger partial charge in [-0.15, -0.1) is 0 Å². The van der Waals surface area contributed by atoms with E-state index in [4.69, 9.17) is 0 Å². The molecule has 3 heterocycles. The van der Waals surface area contributed by atoms with Gasteiger partial charge in [0.25, 0.3) is 11.8 Å². The molecule has 2 aliphatic rings. The molecule has 0 bridgehead atoms. The van der Waals surface area contributed by atoms with Crippen molar-refractivity contribution in [1.82, 2.24) is 35.6 Å². The number of aromatic nitrogens is 5. The smallest absolute Gasteiger partial charge is 0.274 e. The fourth-order valence-corrected chi connectivity index (χ4v) is 3.95. The lowest BCUT2D eigenvalue weighted by Gasteiger charge is -2.19. The highest BCUT2D eigenvalue weighted by Gasteiger charge is 2.44. The van der Waals surface area contributed by atoms with Crippen LogP contribution in [0.25, 0.3) is 11.0 Å². The number of carbonyl (C=O) groups is 2. The van der Waals surface area contributed by atoms with E-state index in [1.807, 2.05) is 0 Å². The highest BCUT2D eigenvalue weighted by molar-refractivity contribution is 5.97. The number of benzene rings is 1. The lowest BCUT2D eigenvalue weighted by atomic mass is 9.98. The third-order valence-corrected chi connectivity index (χ3v) is 5.56. The van der Waals surface area contributed by atoms with Crippen LogP contribution >= 0.6 is 0 Å². The van der Waals surface area contributed by atoms with Crippen molar-refractivity contribution in [1.29, 1.82) is 0 Å². The molecule has 2 fully saturated rings. The number of amides is 2. The molecule has 9 nitrogen and oxygen atoms in total. The number of aromatic amines is 1. The van der Waals surface area contributed by atoms with Gasteiger partial charge in [-0.1, -0.05) is 0 Å². The second-order valence-electron chi connectivity index (χ2n) is 7.41. The molecule has 0 radical (unpaired) electrons. The third-order valence-electron chi connectivity index (χ3n) is 5.56. The quantitative estimate of drug-likeness (QED) is 0.701. The number of carbonyl (C=O) groups excluding carboxylic acids is 2. The molecular formula is C19H19N7O2. The minimum atomic E-state index is -0.158. The van der Waals surface area contributed by atoms with Crippen LogP contribution in [-0.4, -0.2) is 61.2 Å². The SMILES string of the molecule is O=C(N[C@H]1CN(C(=O)c2cnccn2)C[C@@H]1C1CC1)c1ccc2n[nH]nc2c1. The van der Waals surface area contributed by atoms with Gasteiger partial charge in [-0.25, -0.2) is 4.98 Å². The number of rotatable bonds is 4. The van der Waals surface area contributed by atoms with E-state index in [0.717, 1.165) is 12.8 Å². The van der Waals surface area contributed by atoms with Crippen molar-refractivity contribution in [2.24, 2.45) is 11.8 Å². The summed E-state index contributed by atoms with van der Waals surface area (Å²) in [5, 5.41) is 13.7. The van der Waals surface area contributed by atoms with Gasteiger partial charge in [0.15, 0.2) is 0 Å². The number of fused-ring (bicyclic) bond motifs is 1. The van der Waals surface area contributed by atoms with Gasteiger partial charge in [0.05, 0.1) is 12.2 Å². The van der Waals surface area contributed by atoms with Crippen LogP contribution in [0.15, 0.2) is 36.8 Å². The van der Waals surface area contributed by atoms with E-state index in [1.54, 1.807) is 29.3 Å². The Bertz CT molecular complexity index is 1030. The summed E-state index contributed by atoms with van der Waals surface area (Å²) in [4.78, 5) is 35.4. The van der Waals surface area contributed by atoms with Gasteiger partial charge in [-0.3, -0.25) is 14.6 Å². The lowest BCUT2D eigenvalue weighted by Crippen LogP contribution is -2.41. The zero-order valence-corrected chi connectivity index (χ0v) is 15.1. The summed E-state index contributed by atoms with van der Waals surface area (Å²) in [6.45, 7) is 1.11. The zero-order valence-electron chi connectivity index (χ0n) is 15.1. The Hall–Kier alpha value is -3.36. The van der Waals surface area contributed by atoms with Gasteiger partial charge in [-0.2, -0.15) is 15.4 Å². The van der Waals surface area contributed by atoms with Crippen LogP contribution in [0.5, 0.6) is 0 Å². The number of hydrogen-bond donors (Lipinski definition) is 2. The third kappa shape index (κ3) is 3.08. The summed E-state index contributed by atoms with van der Waals surface area (Å²) in [6.07, 6.45) is 6.83. The summed E-state index contributed by atoms with van der Waals surface area (Å²) in [6, 6.07) is 5.15. The molecular weight excluding hydrogens is 358 g/mol.